The van der Waals surface area contributed by atoms with Crippen molar-refractivity contribution >= 4 is 32.6 Å². The summed E-state index contributed by atoms with van der Waals surface area (Å²) in [6.07, 6.45) is 1.63. The van der Waals surface area contributed by atoms with Crippen LogP contribution in [0, 0.1) is 6.92 Å². The molecule has 0 unspecified atom stereocenters. The predicted octanol–water partition coefficient (Wildman–Crippen LogP) is 4.38. The molecule has 0 atom stereocenters. The lowest BCUT2D eigenvalue weighted by atomic mass is 10.1. The van der Waals surface area contributed by atoms with Gasteiger partial charge in [0.2, 0.25) is 5.88 Å². The second-order valence-corrected chi connectivity index (χ2v) is 7.21. The van der Waals surface area contributed by atoms with Crippen LogP contribution in [0.5, 0.6) is 11.6 Å². The fourth-order valence-corrected chi connectivity index (χ4v) is 4.14. The van der Waals surface area contributed by atoms with E-state index >= 15 is 0 Å². The summed E-state index contributed by atoms with van der Waals surface area (Å²) in [6, 6.07) is 8.06. The summed E-state index contributed by atoms with van der Waals surface area (Å²) in [5.41, 5.74) is 5.57. The van der Waals surface area contributed by atoms with Crippen LogP contribution in [-0.4, -0.2) is 36.3 Å². The molecule has 6 nitrogen and oxygen atoms in total. The highest BCUT2D eigenvalue weighted by Gasteiger charge is 2.16. The Morgan fingerprint density at radius 2 is 1.81 bits per heavy atom. The van der Waals surface area contributed by atoms with Gasteiger partial charge in [0.1, 0.15) is 10.8 Å². The Morgan fingerprint density at radius 3 is 2.56 bits per heavy atom. The van der Waals surface area contributed by atoms with Gasteiger partial charge in [0.25, 0.3) is 0 Å². The summed E-state index contributed by atoms with van der Waals surface area (Å²) in [4.78, 5) is 14.0. The quantitative estimate of drug-likeness (QED) is 0.511. The summed E-state index contributed by atoms with van der Waals surface area (Å²) >= 11 is 1.61. The molecule has 0 N–H and O–H groups in total. The van der Waals surface area contributed by atoms with Crippen LogP contribution in [0.1, 0.15) is 11.1 Å². The van der Waals surface area contributed by atoms with Crippen molar-refractivity contribution in [1.82, 2.24) is 15.0 Å². The highest BCUT2D eigenvalue weighted by molar-refractivity contribution is 7.21. The van der Waals surface area contributed by atoms with E-state index in [2.05, 4.69) is 16.0 Å². The Bertz CT molecular complexity index is 1140. The van der Waals surface area contributed by atoms with Crippen molar-refractivity contribution in [3.63, 3.8) is 0 Å². The van der Waals surface area contributed by atoms with Crippen molar-refractivity contribution in [3.8, 4) is 22.2 Å². The van der Waals surface area contributed by atoms with E-state index in [0.29, 0.717) is 12.5 Å². The highest BCUT2D eigenvalue weighted by atomic mass is 32.1. The van der Waals surface area contributed by atoms with Gasteiger partial charge in [-0.3, -0.25) is 0 Å². The van der Waals surface area contributed by atoms with Gasteiger partial charge in [-0.25, -0.2) is 15.0 Å². The Hall–Kier alpha value is -2.77. The average molecular weight is 381 g/mol. The van der Waals surface area contributed by atoms with Gasteiger partial charge in [-0.1, -0.05) is 0 Å². The minimum absolute atomic E-state index is 0.475. The van der Waals surface area contributed by atoms with Gasteiger partial charge in [0.05, 0.1) is 48.3 Å². The normalized spacial score (nSPS) is 11.3. The molecule has 0 amide bonds. The number of methoxy groups -OCH3 is 3. The van der Waals surface area contributed by atoms with Crippen LogP contribution in [0.2, 0.25) is 0 Å². The summed E-state index contributed by atoms with van der Waals surface area (Å²) in [6.45, 7) is 2.51. The fourth-order valence-electron chi connectivity index (χ4n) is 3.08. The highest BCUT2D eigenvalue weighted by Crippen LogP contribution is 2.37. The number of aryl methyl sites for hydroxylation is 1. The van der Waals surface area contributed by atoms with Crippen LogP contribution in [0.3, 0.4) is 0 Å². The van der Waals surface area contributed by atoms with Crippen LogP contribution in [0.15, 0.2) is 30.5 Å². The standard InChI is InChI=1S/C20H19N3O3S/c1-11-5-14(19-15(6-11)22-17(26-4)9-21-19)20-23-18-12(10-24-2)7-13(25-3)8-16(18)27-20/h5-9H,10H2,1-4H3. The molecule has 0 aliphatic carbocycles. The molecule has 138 valence electrons. The van der Waals surface area contributed by atoms with E-state index in [1.165, 1.54) is 0 Å². The maximum atomic E-state index is 5.43. The van der Waals surface area contributed by atoms with Gasteiger partial charge in [-0.2, -0.15) is 0 Å². The average Bonchev–Trinajstić information content (AvgIpc) is 3.11. The van der Waals surface area contributed by atoms with Crippen LogP contribution in [0.25, 0.3) is 31.8 Å². The first-order valence-electron chi connectivity index (χ1n) is 8.41. The number of ether oxygens (including phenoxy) is 3. The van der Waals surface area contributed by atoms with Crippen molar-refractivity contribution in [2.24, 2.45) is 0 Å². The van der Waals surface area contributed by atoms with Crippen LogP contribution in [0.4, 0.5) is 0 Å². The monoisotopic (exact) mass is 381 g/mol. The van der Waals surface area contributed by atoms with E-state index in [4.69, 9.17) is 19.2 Å². The third-order valence-corrected chi connectivity index (χ3v) is 5.33. The van der Waals surface area contributed by atoms with E-state index in [1.54, 1.807) is 38.9 Å². The Balaban J connectivity index is 1.95. The van der Waals surface area contributed by atoms with Gasteiger partial charge < -0.3 is 14.2 Å². The largest absolute Gasteiger partial charge is 0.497 e. The first-order valence-corrected chi connectivity index (χ1v) is 9.22. The SMILES string of the molecule is COCc1cc(OC)cc2sc(-c3cc(C)cc4nc(OC)cnc34)nc12. The molecule has 0 radical (unpaired) electrons. The van der Waals surface area contributed by atoms with Crippen LogP contribution >= 0.6 is 11.3 Å². The zero-order valence-electron chi connectivity index (χ0n) is 15.6. The molecule has 0 fully saturated rings. The minimum Gasteiger partial charge on any atom is -0.497 e. The molecule has 0 aliphatic rings. The number of hydrogen-bond donors (Lipinski definition) is 0. The molecule has 2 aromatic heterocycles. The number of rotatable bonds is 5. The summed E-state index contributed by atoms with van der Waals surface area (Å²) in [5, 5.41) is 0.892. The van der Waals surface area contributed by atoms with Gasteiger partial charge in [-0.05, 0) is 36.8 Å². The molecule has 2 heterocycles. The van der Waals surface area contributed by atoms with Gasteiger partial charge in [0.15, 0.2) is 0 Å². The van der Waals surface area contributed by atoms with Crippen LogP contribution in [-0.2, 0) is 11.3 Å². The third kappa shape index (κ3) is 3.20. The third-order valence-electron chi connectivity index (χ3n) is 4.29. The Kier molecular flexibility index (Phi) is 4.63. The molecule has 27 heavy (non-hydrogen) atoms. The summed E-state index contributed by atoms with van der Waals surface area (Å²) in [5.74, 6) is 1.29. The molecule has 0 bridgehead atoms. The van der Waals surface area contributed by atoms with Crippen molar-refractivity contribution < 1.29 is 14.2 Å². The molecule has 2 aromatic carbocycles. The van der Waals surface area contributed by atoms with Gasteiger partial charge in [0, 0.05) is 18.2 Å². The van der Waals surface area contributed by atoms with Crippen molar-refractivity contribution in [1.29, 1.82) is 0 Å². The first-order chi connectivity index (χ1) is 13.1. The smallest absolute Gasteiger partial charge is 0.232 e. The van der Waals surface area contributed by atoms with E-state index in [0.717, 1.165) is 48.7 Å². The van der Waals surface area contributed by atoms with E-state index < -0.39 is 0 Å². The minimum atomic E-state index is 0.475. The maximum absolute atomic E-state index is 5.43. The fraction of sp³-hybridized carbons (Fsp3) is 0.250. The number of aromatic nitrogens is 3. The maximum Gasteiger partial charge on any atom is 0.232 e. The van der Waals surface area contributed by atoms with Crippen LogP contribution < -0.4 is 9.47 Å². The summed E-state index contributed by atoms with van der Waals surface area (Å²) in [7, 11) is 4.93. The van der Waals surface area contributed by atoms with Crippen molar-refractivity contribution in [2.75, 3.05) is 21.3 Å². The van der Waals surface area contributed by atoms with Gasteiger partial charge >= 0.3 is 0 Å². The first kappa shape index (κ1) is 17.6. The zero-order valence-corrected chi connectivity index (χ0v) is 16.4. The second kappa shape index (κ2) is 7.09. The lowest BCUT2D eigenvalue weighted by Crippen LogP contribution is -1.94. The Labute approximate surface area is 160 Å². The van der Waals surface area contributed by atoms with E-state index in [9.17, 15) is 0 Å². The summed E-state index contributed by atoms with van der Waals surface area (Å²) < 4.78 is 17.0. The second-order valence-electron chi connectivity index (χ2n) is 6.18. The molecule has 0 spiro atoms. The number of hydrogen-bond acceptors (Lipinski definition) is 7. The topological polar surface area (TPSA) is 66.4 Å². The molecule has 0 aliphatic heterocycles. The lowest BCUT2D eigenvalue weighted by molar-refractivity contribution is 0.185. The molecular formula is C20H19N3O3S. The zero-order chi connectivity index (χ0) is 19.0. The molecule has 0 saturated carbocycles. The van der Waals surface area contributed by atoms with Crippen molar-refractivity contribution in [3.05, 3.63) is 41.6 Å². The van der Waals surface area contributed by atoms with Gasteiger partial charge in [-0.15, -0.1) is 11.3 Å². The molecule has 4 rings (SSSR count). The number of nitrogens with zero attached hydrogens (tertiary/aromatic N) is 3. The lowest BCUT2D eigenvalue weighted by Gasteiger charge is -2.06. The molecule has 0 saturated heterocycles. The molecule has 4 aromatic rings. The number of benzene rings is 2. The molecule has 7 heteroatoms. The van der Waals surface area contributed by atoms with E-state index in [1.807, 2.05) is 25.1 Å². The number of thiazole rings is 1. The van der Waals surface area contributed by atoms with E-state index in [-0.39, 0.29) is 0 Å². The predicted molar refractivity (Wildman–Crippen MR) is 107 cm³/mol. The Morgan fingerprint density at radius 1 is 0.963 bits per heavy atom. The number of fused-ring (bicyclic) bond motifs is 2. The van der Waals surface area contributed by atoms with Crippen molar-refractivity contribution in [2.45, 2.75) is 13.5 Å². The molecular weight excluding hydrogens is 362 g/mol.